The van der Waals surface area contributed by atoms with E-state index in [0.717, 1.165) is 5.56 Å². The van der Waals surface area contributed by atoms with Crippen molar-refractivity contribution in [2.24, 2.45) is 0 Å². The highest BCUT2D eigenvalue weighted by molar-refractivity contribution is 5.35. The van der Waals surface area contributed by atoms with Crippen LogP contribution in [0.1, 0.15) is 18.3 Å². The van der Waals surface area contributed by atoms with Gasteiger partial charge >= 0.3 is 0 Å². The second-order valence-corrected chi connectivity index (χ2v) is 3.95. The maximum Gasteiger partial charge on any atom is 0.252 e. The Hall–Kier alpha value is -2.30. The SMILES string of the molecule is CCc1nc(NCc2ccc(O)cc2)cc(=O)[nH]1. The monoisotopic (exact) mass is 245 g/mol. The number of rotatable bonds is 4. The first-order chi connectivity index (χ1) is 8.67. The van der Waals surface area contributed by atoms with Crippen LogP contribution in [-0.4, -0.2) is 15.1 Å². The van der Waals surface area contributed by atoms with Crippen LogP contribution in [0.5, 0.6) is 5.75 Å². The molecule has 0 amide bonds. The van der Waals surface area contributed by atoms with E-state index in [-0.39, 0.29) is 11.3 Å². The van der Waals surface area contributed by atoms with Crippen LogP contribution in [0.4, 0.5) is 5.82 Å². The van der Waals surface area contributed by atoms with Crippen LogP contribution in [0.2, 0.25) is 0 Å². The van der Waals surface area contributed by atoms with Crippen molar-refractivity contribution in [1.82, 2.24) is 9.97 Å². The van der Waals surface area contributed by atoms with Gasteiger partial charge in [0.25, 0.3) is 5.56 Å². The first-order valence-electron chi connectivity index (χ1n) is 5.79. The topological polar surface area (TPSA) is 78.0 Å². The van der Waals surface area contributed by atoms with Crippen molar-refractivity contribution in [2.45, 2.75) is 19.9 Å². The third-order valence-electron chi connectivity index (χ3n) is 2.54. The molecule has 0 aliphatic carbocycles. The first kappa shape index (κ1) is 12.2. The second kappa shape index (κ2) is 5.35. The number of nitrogens with zero attached hydrogens (tertiary/aromatic N) is 1. The Kier molecular flexibility index (Phi) is 3.62. The van der Waals surface area contributed by atoms with Gasteiger partial charge in [-0.2, -0.15) is 0 Å². The van der Waals surface area contributed by atoms with Gasteiger partial charge < -0.3 is 15.4 Å². The summed E-state index contributed by atoms with van der Waals surface area (Å²) < 4.78 is 0. The molecule has 2 aromatic rings. The van der Waals surface area contributed by atoms with E-state index < -0.39 is 0 Å². The molecule has 0 saturated heterocycles. The van der Waals surface area contributed by atoms with Crippen molar-refractivity contribution < 1.29 is 5.11 Å². The minimum absolute atomic E-state index is 0.157. The number of phenolic OH excluding ortho intramolecular Hbond substituents is 1. The zero-order chi connectivity index (χ0) is 13.0. The zero-order valence-corrected chi connectivity index (χ0v) is 10.1. The third kappa shape index (κ3) is 3.10. The number of H-pyrrole nitrogens is 1. The number of hydrogen-bond donors (Lipinski definition) is 3. The van der Waals surface area contributed by atoms with Gasteiger partial charge in [0.2, 0.25) is 0 Å². The van der Waals surface area contributed by atoms with Crippen LogP contribution in [0.3, 0.4) is 0 Å². The number of aromatic amines is 1. The van der Waals surface area contributed by atoms with E-state index in [1.165, 1.54) is 6.07 Å². The van der Waals surface area contributed by atoms with Crippen LogP contribution in [0.25, 0.3) is 0 Å². The van der Waals surface area contributed by atoms with Crippen molar-refractivity contribution in [3.05, 3.63) is 52.1 Å². The molecule has 0 unspecified atom stereocenters. The molecule has 1 aromatic carbocycles. The number of hydrogen-bond acceptors (Lipinski definition) is 4. The van der Waals surface area contributed by atoms with Gasteiger partial charge in [0.15, 0.2) is 0 Å². The summed E-state index contributed by atoms with van der Waals surface area (Å²) in [4.78, 5) is 18.3. The van der Waals surface area contributed by atoms with Gasteiger partial charge in [-0.3, -0.25) is 4.79 Å². The number of aromatic nitrogens is 2. The Balaban J connectivity index is 2.08. The molecule has 0 bridgehead atoms. The third-order valence-corrected chi connectivity index (χ3v) is 2.54. The molecule has 94 valence electrons. The molecule has 0 atom stereocenters. The fourth-order valence-corrected chi connectivity index (χ4v) is 1.57. The normalized spacial score (nSPS) is 10.3. The molecule has 2 rings (SSSR count). The smallest absolute Gasteiger partial charge is 0.252 e. The Morgan fingerprint density at radius 1 is 1.33 bits per heavy atom. The Bertz CT molecular complexity index is 576. The summed E-state index contributed by atoms with van der Waals surface area (Å²) in [7, 11) is 0. The molecule has 0 fully saturated rings. The predicted octanol–water partition coefficient (Wildman–Crippen LogP) is 1.65. The standard InChI is InChI=1S/C13H15N3O2/c1-2-11-15-12(7-13(18)16-11)14-8-9-3-5-10(17)6-4-9/h3-7,17H,2,8H2,1H3,(H2,14,15,16,18). The fourth-order valence-electron chi connectivity index (χ4n) is 1.57. The molecule has 5 heteroatoms. The zero-order valence-electron chi connectivity index (χ0n) is 10.1. The Morgan fingerprint density at radius 2 is 2.06 bits per heavy atom. The molecule has 0 aliphatic rings. The largest absolute Gasteiger partial charge is 0.508 e. The van der Waals surface area contributed by atoms with Gasteiger partial charge in [0.05, 0.1) is 0 Å². The Labute approximate surface area is 105 Å². The average molecular weight is 245 g/mol. The Morgan fingerprint density at radius 3 is 2.72 bits per heavy atom. The summed E-state index contributed by atoms with van der Waals surface area (Å²) in [5, 5.41) is 12.3. The molecular formula is C13H15N3O2. The van der Waals surface area contributed by atoms with Crippen LogP contribution in [0.15, 0.2) is 35.1 Å². The van der Waals surface area contributed by atoms with Gasteiger partial charge in [-0.25, -0.2) is 4.98 Å². The highest BCUT2D eigenvalue weighted by Crippen LogP contribution is 2.10. The highest BCUT2D eigenvalue weighted by atomic mass is 16.3. The lowest BCUT2D eigenvalue weighted by Gasteiger charge is -2.06. The molecular weight excluding hydrogens is 230 g/mol. The molecule has 0 aliphatic heterocycles. The maximum absolute atomic E-state index is 11.4. The number of aryl methyl sites for hydroxylation is 1. The molecule has 1 heterocycles. The quantitative estimate of drug-likeness (QED) is 0.765. The molecule has 5 nitrogen and oxygen atoms in total. The van der Waals surface area contributed by atoms with Gasteiger partial charge in [-0.1, -0.05) is 19.1 Å². The molecule has 0 radical (unpaired) electrons. The van der Waals surface area contributed by atoms with Crippen molar-refractivity contribution in [2.75, 3.05) is 5.32 Å². The summed E-state index contributed by atoms with van der Waals surface area (Å²) in [6.07, 6.45) is 0.684. The summed E-state index contributed by atoms with van der Waals surface area (Å²) in [5.74, 6) is 1.46. The van der Waals surface area contributed by atoms with E-state index in [4.69, 9.17) is 5.11 Å². The summed E-state index contributed by atoms with van der Waals surface area (Å²) in [6.45, 7) is 2.49. The van der Waals surface area contributed by atoms with Gasteiger partial charge in [0.1, 0.15) is 17.4 Å². The fraction of sp³-hybridized carbons (Fsp3) is 0.231. The number of benzene rings is 1. The number of nitrogens with one attached hydrogen (secondary N) is 2. The van der Waals surface area contributed by atoms with Crippen molar-refractivity contribution in [1.29, 1.82) is 0 Å². The molecule has 0 saturated carbocycles. The van der Waals surface area contributed by atoms with E-state index in [1.54, 1.807) is 12.1 Å². The van der Waals surface area contributed by atoms with Crippen LogP contribution in [-0.2, 0) is 13.0 Å². The lowest BCUT2D eigenvalue weighted by molar-refractivity contribution is 0.475. The summed E-state index contributed by atoms with van der Waals surface area (Å²) in [6, 6.07) is 8.31. The minimum Gasteiger partial charge on any atom is -0.508 e. The van der Waals surface area contributed by atoms with Crippen molar-refractivity contribution in [3.8, 4) is 5.75 Å². The van der Waals surface area contributed by atoms with E-state index >= 15 is 0 Å². The van der Waals surface area contributed by atoms with Crippen molar-refractivity contribution >= 4 is 5.82 Å². The molecule has 1 aromatic heterocycles. The van der Waals surface area contributed by atoms with Crippen molar-refractivity contribution in [3.63, 3.8) is 0 Å². The van der Waals surface area contributed by atoms with Gasteiger partial charge in [-0.15, -0.1) is 0 Å². The average Bonchev–Trinajstić information content (AvgIpc) is 2.37. The molecule has 18 heavy (non-hydrogen) atoms. The number of aromatic hydroxyl groups is 1. The minimum atomic E-state index is -0.157. The number of anilines is 1. The summed E-state index contributed by atoms with van der Waals surface area (Å²) in [5.41, 5.74) is 0.850. The first-order valence-corrected chi connectivity index (χ1v) is 5.79. The van der Waals surface area contributed by atoms with E-state index in [9.17, 15) is 4.79 Å². The van der Waals surface area contributed by atoms with Gasteiger partial charge in [0, 0.05) is 19.0 Å². The lowest BCUT2D eigenvalue weighted by Crippen LogP contribution is -2.13. The van der Waals surface area contributed by atoms with E-state index in [1.807, 2.05) is 19.1 Å². The van der Waals surface area contributed by atoms with E-state index in [0.29, 0.717) is 24.6 Å². The molecule has 0 spiro atoms. The number of phenols is 1. The second-order valence-electron chi connectivity index (χ2n) is 3.95. The lowest BCUT2D eigenvalue weighted by atomic mass is 10.2. The highest BCUT2D eigenvalue weighted by Gasteiger charge is 2.00. The predicted molar refractivity (Wildman–Crippen MR) is 69.7 cm³/mol. The molecule has 3 N–H and O–H groups in total. The summed E-state index contributed by atoms with van der Waals surface area (Å²) >= 11 is 0. The van der Waals surface area contributed by atoms with Crippen LogP contribution >= 0.6 is 0 Å². The van der Waals surface area contributed by atoms with Crippen LogP contribution < -0.4 is 10.9 Å². The van der Waals surface area contributed by atoms with E-state index in [2.05, 4.69) is 15.3 Å². The maximum atomic E-state index is 11.4. The van der Waals surface area contributed by atoms with Gasteiger partial charge in [-0.05, 0) is 17.7 Å². The van der Waals surface area contributed by atoms with Crippen LogP contribution in [0, 0.1) is 0 Å².